The average Bonchev–Trinajstić information content (AvgIpc) is 2.87. The van der Waals surface area contributed by atoms with Gasteiger partial charge in [0.05, 0.1) is 4.90 Å². The standard InChI is InChI=1S/C15H14N2O3S/c1-21(18,19)12-8-6-11(7-9-12)10-16-15-17-13-4-2-3-5-14(13)20-15/h2-9H,10H2,1H3,(H,16,17). The van der Waals surface area contributed by atoms with E-state index in [9.17, 15) is 8.42 Å². The fourth-order valence-electron chi connectivity index (χ4n) is 1.98. The van der Waals surface area contributed by atoms with Crippen molar-refractivity contribution in [3.63, 3.8) is 0 Å². The van der Waals surface area contributed by atoms with Gasteiger partial charge in [-0.05, 0) is 29.8 Å². The lowest BCUT2D eigenvalue weighted by Gasteiger charge is -2.03. The summed E-state index contributed by atoms with van der Waals surface area (Å²) < 4.78 is 28.3. The SMILES string of the molecule is CS(=O)(=O)c1ccc(CNc2nc3ccccc3o2)cc1. The minimum absolute atomic E-state index is 0.313. The number of anilines is 1. The number of para-hydroxylation sites is 2. The number of nitrogens with zero attached hydrogens (tertiary/aromatic N) is 1. The van der Waals surface area contributed by atoms with Crippen LogP contribution in [-0.4, -0.2) is 19.7 Å². The van der Waals surface area contributed by atoms with Gasteiger partial charge < -0.3 is 9.73 Å². The van der Waals surface area contributed by atoms with Gasteiger partial charge in [-0.15, -0.1) is 0 Å². The van der Waals surface area contributed by atoms with Gasteiger partial charge in [-0.1, -0.05) is 24.3 Å². The molecule has 0 spiro atoms. The molecule has 0 saturated heterocycles. The van der Waals surface area contributed by atoms with E-state index in [2.05, 4.69) is 10.3 Å². The van der Waals surface area contributed by atoms with Crippen molar-refractivity contribution in [3.05, 3.63) is 54.1 Å². The number of sulfone groups is 1. The first-order valence-corrected chi connectivity index (χ1v) is 8.30. The Bertz CT molecular complexity index is 834. The Morgan fingerprint density at radius 1 is 1.10 bits per heavy atom. The summed E-state index contributed by atoms with van der Waals surface area (Å²) in [5.74, 6) is 0. The van der Waals surface area contributed by atoms with E-state index in [1.54, 1.807) is 24.3 Å². The van der Waals surface area contributed by atoms with Gasteiger partial charge in [-0.2, -0.15) is 4.98 Å². The molecule has 0 amide bonds. The first-order valence-electron chi connectivity index (χ1n) is 6.41. The van der Waals surface area contributed by atoms with Crippen LogP contribution in [0.5, 0.6) is 0 Å². The Kier molecular flexibility index (Phi) is 3.39. The molecule has 5 nitrogen and oxygen atoms in total. The number of benzene rings is 2. The van der Waals surface area contributed by atoms with Crippen LogP contribution in [-0.2, 0) is 16.4 Å². The maximum absolute atomic E-state index is 11.4. The summed E-state index contributed by atoms with van der Waals surface area (Å²) in [6, 6.07) is 14.7. The predicted molar refractivity (Wildman–Crippen MR) is 80.9 cm³/mol. The molecule has 1 N–H and O–H groups in total. The molecule has 0 bridgehead atoms. The molecule has 0 saturated carbocycles. The Balaban J connectivity index is 1.72. The molecule has 2 aromatic carbocycles. The van der Waals surface area contributed by atoms with Crippen molar-refractivity contribution in [2.75, 3.05) is 11.6 Å². The van der Waals surface area contributed by atoms with E-state index in [0.29, 0.717) is 17.5 Å². The zero-order chi connectivity index (χ0) is 14.9. The van der Waals surface area contributed by atoms with Crippen LogP contribution >= 0.6 is 0 Å². The molecule has 0 atom stereocenters. The monoisotopic (exact) mass is 302 g/mol. The molecule has 21 heavy (non-hydrogen) atoms. The van der Waals surface area contributed by atoms with Crippen molar-refractivity contribution in [1.82, 2.24) is 4.98 Å². The van der Waals surface area contributed by atoms with Gasteiger partial charge in [0, 0.05) is 12.8 Å². The van der Waals surface area contributed by atoms with Crippen molar-refractivity contribution in [1.29, 1.82) is 0 Å². The van der Waals surface area contributed by atoms with Crippen molar-refractivity contribution >= 4 is 27.0 Å². The zero-order valence-electron chi connectivity index (χ0n) is 11.4. The molecule has 6 heteroatoms. The van der Waals surface area contributed by atoms with Crippen LogP contribution < -0.4 is 5.32 Å². The lowest BCUT2D eigenvalue weighted by molar-refractivity contribution is 0.601. The van der Waals surface area contributed by atoms with E-state index in [4.69, 9.17) is 4.42 Å². The van der Waals surface area contributed by atoms with Crippen LogP contribution in [0.15, 0.2) is 57.8 Å². The van der Waals surface area contributed by atoms with Crippen LogP contribution in [0.1, 0.15) is 5.56 Å². The fraction of sp³-hybridized carbons (Fsp3) is 0.133. The van der Waals surface area contributed by atoms with Gasteiger partial charge in [-0.25, -0.2) is 8.42 Å². The van der Waals surface area contributed by atoms with Gasteiger partial charge >= 0.3 is 0 Å². The van der Waals surface area contributed by atoms with Crippen LogP contribution in [0.25, 0.3) is 11.1 Å². The van der Waals surface area contributed by atoms with Gasteiger partial charge in [0.25, 0.3) is 6.01 Å². The van der Waals surface area contributed by atoms with Gasteiger partial charge in [0.15, 0.2) is 15.4 Å². The number of rotatable bonds is 4. The second kappa shape index (κ2) is 5.21. The average molecular weight is 302 g/mol. The lowest BCUT2D eigenvalue weighted by Crippen LogP contribution is -2.01. The van der Waals surface area contributed by atoms with E-state index >= 15 is 0 Å². The van der Waals surface area contributed by atoms with E-state index < -0.39 is 9.84 Å². The predicted octanol–water partition coefficient (Wildman–Crippen LogP) is 2.84. The lowest BCUT2D eigenvalue weighted by atomic mass is 10.2. The minimum atomic E-state index is -3.16. The summed E-state index contributed by atoms with van der Waals surface area (Å²) in [6.07, 6.45) is 1.19. The summed E-state index contributed by atoms with van der Waals surface area (Å²) in [5.41, 5.74) is 2.48. The molecular formula is C15H14N2O3S. The number of oxazole rings is 1. The maximum atomic E-state index is 11.4. The molecule has 0 aliphatic carbocycles. The fourth-order valence-corrected chi connectivity index (χ4v) is 2.61. The molecule has 0 radical (unpaired) electrons. The molecular weight excluding hydrogens is 288 g/mol. The van der Waals surface area contributed by atoms with Crippen molar-refractivity contribution in [3.8, 4) is 0 Å². The van der Waals surface area contributed by atoms with Crippen molar-refractivity contribution in [2.24, 2.45) is 0 Å². The molecule has 1 heterocycles. The summed E-state index contributed by atoms with van der Waals surface area (Å²) in [7, 11) is -3.16. The molecule has 108 valence electrons. The minimum Gasteiger partial charge on any atom is -0.424 e. The van der Waals surface area contributed by atoms with Crippen molar-refractivity contribution in [2.45, 2.75) is 11.4 Å². The molecule has 0 aliphatic heterocycles. The summed E-state index contributed by atoms with van der Waals surface area (Å²) >= 11 is 0. The topological polar surface area (TPSA) is 72.2 Å². The number of nitrogens with one attached hydrogen (secondary N) is 1. The van der Waals surface area contributed by atoms with E-state index in [0.717, 1.165) is 16.7 Å². The highest BCUT2D eigenvalue weighted by molar-refractivity contribution is 7.90. The number of fused-ring (bicyclic) bond motifs is 1. The maximum Gasteiger partial charge on any atom is 0.295 e. The molecule has 0 aliphatic rings. The summed E-state index contributed by atoms with van der Waals surface area (Å²) in [6.45, 7) is 0.511. The Morgan fingerprint density at radius 3 is 2.48 bits per heavy atom. The highest BCUT2D eigenvalue weighted by Gasteiger charge is 2.07. The molecule has 3 aromatic rings. The van der Waals surface area contributed by atoms with Crippen LogP contribution in [0.4, 0.5) is 6.01 Å². The Hall–Kier alpha value is -2.34. The quantitative estimate of drug-likeness (QED) is 0.802. The molecule has 0 fully saturated rings. The molecule has 0 unspecified atom stereocenters. The second-order valence-corrected chi connectivity index (χ2v) is 6.77. The smallest absolute Gasteiger partial charge is 0.295 e. The number of aromatic nitrogens is 1. The third-order valence-electron chi connectivity index (χ3n) is 3.09. The van der Waals surface area contributed by atoms with Crippen LogP contribution in [0.2, 0.25) is 0 Å². The first kappa shape index (κ1) is 13.6. The zero-order valence-corrected chi connectivity index (χ0v) is 12.2. The number of hydrogen-bond donors (Lipinski definition) is 1. The van der Waals surface area contributed by atoms with E-state index in [1.165, 1.54) is 6.26 Å². The van der Waals surface area contributed by atoms with Gasteiger partial charge in [0.1, 0.15) is 5.52 Å². The third kappa shape index (κ3) is 3.05. The molecule has 3 rings (SSSR count). The largest absolute Gasteiger partial charge is 0.424 e. The van der Waals surface area contributed by atoms with Gasteiger partial charge in [0.2, 0.25) is 0 Å². The van der Waals surface area contributed by atoms with E-state index in [-0.39, 0.29) is 0 Å². The van der Waals surface area contributed by atoms with Gasteiger partial charge in [-0.3, -0.25) is 0 Å². The highest BCUT2D eigenvalue weighted by Crippen LogP contribution is 2.19. The first-order chi connectivity index (χ1) is 10.0. The highest BCUT2D eigenvalue weighted by atomic mass is 32.2. The van der Waals surface area contributed by atoms with E-state index in [1.807, 2.05) is 24.3 Å². The summed E-state index contributed by atoms with van der Waals surface area (Å²) in [4.78, 5) is 4.62. The number of hydrogen-bond acceptors (Lipinski definition) is 5. The molecule has 1 aromatic heterocycles. The van der Waals surface area contributed by atoms with Crippen LogP contribution in [0, 0.1) is 0 Å². The summed E-state index contributed by atoms with van der Waals surface area (Å²) in [5, 5.41) is 3.08. The normalized spacial score (nSPS) is 11.7. The third-order valence-corrected chi connectivity index (χ3v) is 4.22. The second-order valence-electron chi connectivity index (χ2n) is 4.76. The van der Waals surface area contributed by atoms with Crippen LogP contribution in [0.3, 0.4) is 0 Å². The van der Waals surface area contributed by atoms with Crippen molar-refractivity contribution < 1.29 is 12.8 Å². The Morgan fingerprint density at radius 2 is 1.81 bits per heavy atom. The Labute approximate surface area is 122 Å².